The first-order valence-electron chi connectivity index (χ1n) is 5.29. The molecule has 0 aliphatic heterocycles. The van der Waals surface area contributed by atoms with Crippen molar-refractivity contribution in [2.45, 2.75) is 19.8 Å². The second kappa shape index (κ2) is 3.93. The van der Waals surface area contributed by atoms with Gasteiger partial charge in [0.05, 0.1) is 7.11 Å². The molecule has 0 aromatic heterocycles. The van der Waals surface area contributed by atoms with E-state index in [-0.39, 0.29) is 0 Å². The zero-order valence-electron chi connectivity index (χ0n) is 9.45. The van der Waals surface area contributed by atoms with Crippen LogP contribution in [-0.2, 0) is 0 Å². The molecule has 0 fully saturated rings. The fourth-order valence-electron chi connectivity index (χ4n) is 1.94. The van der Waals surface area contributed by atoms with Crippen LogP contribution in [0, 0.1) is 0 Å². The minimum absolute atomic E-state index is 0.490. The minimum Gasteiger partial charge on any atom is -0.496 e. The lowest BCUT2D eigenvalue weighted by Gasteiger charge is -2.14. The Kier molecular flexibility index (Phi) is 2.63. The van der Waals surface area contributed by atoms with Gasteiger partial charge >= 0.3 is 0 Å². The van der Waals surface area contributed by atoms with Crippen molar-refractivity contribution in [3.05, 3.63) is 42.0 Å². The molecule has 0 amide bonds. The summed E-state index contributed by atoms with van der Waals surface area (Å²) in [4.78, 5) is 0. The summed E-state index contributed by atoms with van der Waals surface area (Å²) in [6.45, 7) is 4.37. The molecule has 1 heteroatoms. The Morgan fingerprint density at radius 2 is 1.73 bits per heavy atom. The van der Waals surface area contributed by atoms with Crippen LogP contribution in [0.2, 0.25) is 0 Å². The van der Waals surface area contributed by atoms with Crippen molar-refractivity contribution in [1.29, 1.82) is 0 Å². The highest BCUT2D eigenvalue weighted by molar-refractivity contribution is 5.89. The fourth-order valence-corrected chi connectivity index (χ4v) is 1.94. The SMILES string of the molecule is COc1c(C(C)C)ccc2ccccc12. The maximum absolute atomic E-state index is 5.52. The molecule has 0 unspecified atom stereocenters. The van der Waals surface area contributed by atoms with Crippen molar-refractivity contribution in [3.63, 3.8) is 0 Å². The molecule has 0 N–H and O–H groups in total. The van der Waals surface area contributed by atoms with E-state index in [1.807, 2.05) is 0 Å². The molecule has 2 aromatic rings. The van der Waals surface area contributed by atoms with Crippen molar-refractivity contribution in [1.82, 2.24) is 0 Å². The van der Waals surface area contributed by atoms with Crippen LogP contribution in [0.3, 0.4) is 0 Å². The molecule has 2 aromatic carbocycles. The Morgan fingerprint density at radius 1 is 1.00 bits per heavy atom. The van der Waals surface area contributed by atoms with Gasteiger partial charge in [-0.1, -0.05) is 50.2 Å². The van der Waals surface area contributed by atoms with Gasteiger partial charge in [-0.3, -0.25) is 0 Å². The molecule has 0 radical (unpaired) electrons. The molecule has 0 heterocycles. The molecule has 15 heavy (non-hydrogen) atoms. The van der Waals surface area contributed by atoms with Gasteiger partial charge in [0.1, 0.15) is 5.75 Å². The number of ether oxygens (including phenoxy) is 1. The number of hydrogen-bond donors (Lipinski definition) is 0. The van der Waals surface area contributed by atoms with E-state index < -0.39 is 0 Å². The lowest BCUT2D eigenvalue weighted by molar-refractivity contribution is 0.412. The Morgan fingerprint density at radius 3 is 2.40 bits per heavy atom. The highest BCUT2D eigenvalue weighted by atomic mass is 16.5. The van der Waals surface area contributed by atoms with Gasteiger partial charge in [-0.25, -0.2) is 0 Å². The molecule has 1 nitrogen and oxygen atoms in total. The van der Waals surface area contributed by atoms with Gasteiger partial charge in [0, 0.05) is 5.39 Å². The summed E-state index contributed by atoms with van der Waals surface area (Å²) in [5, 5.41) is 2.44. The Balaban J connectivity index is 2.75. The Labute approximate surface area is 90.7 Å². The highest BCUT2D eigenvalue weighted by Crippen LogP contribution is 2.33. The summed E-state index contributed by atoms with van der Waals surface area (Å²) in [6, 6.07) is 12.6. The van der Waals surface area contributed by atoms with Crippen LogP contribution in [0.1, 0.15) is 25.3 Å². The highest BCUT2D eigenvalue weighted by Gasteiger charge is 2.10. The molecule has 0 spiro atoms. The van der Waals surface area contributed by atoms with E-state index in [1.165, 1.54) is 16.3 Å². The topological polar surface area (TPSA) is 9.23 Å². The van der Waals surface area contributed by atoms with E-state index >= 15 is 0 Å². The average Bonchev–Trinajstić information content (AvgIpc) is 2.27. The molecule has 0 aliphatic carbocycles. The first kappa shape index (κ1) is 10.0. The van der Waals surface area contributed by atoms with Gasteiger partial charge < -0.3 is 4.74 Å². The van der Waals surface area contributed by atoms with Gasteiger partial charge in [0.15, 0.2) is 0 Å². The second-order valence-corrected chi connectivity index (χ2v) is 4.06. The smallest absolute Gasteiger partial charge is 0.130 e. The van der Waals surface area contributed by atoms with E-state index in [9.17, 15) is 0 Å². The van der Waals surface area contributed by atoms with Crippen LogP contribution in [0.4, 0.5) is 0 Å². The number of methoxy groups -OCH3 is 1. The summed E-state index contributed by atoms with van der Waals surface area (Å²) >= 11 is 0. The summed E-state index contributed by atoms with van der Waals surface area (Å²) in [5.41, 5.74) is 1.27. The predicted molar refractivity (Wildman–Crippen MR) is 64.6 cm³/mol. The summed E-state index contributed by atoms with van der Waals surface area (Å²) < 4.78 is 5.52. The van der Waals surface area contributed by atoms with E-state index in [4.69, 9.17) is 4.74 Å². The van der Waals surface area contributed by atoms with Gasteiger partial charge in [0.25, 0.3) is 0 Å². The largest absolute Gasteiger partial charge is 0.496 e. The summed E-state index contributed by atoms with van der Waals surface area (Å²) in [5.74, 6) is 1.51. The zero-order valence-corrected chi connectivity index (χ0v) is 9.45. The van der Waals surface area contributed by atoms with Gasteiger partial charge in [0.2, 0.25) is 0 Å². The lowest BCUT2D eigenvalue weighted by atomic mass is 9.98. The molecule has 2 rings (SSSR count). The zero-order chi connectivity index (χ0) is 10.8. The lowest BCUT2D eigenvalue weighted by Crippen LogP contribution is -1.94. The standard InChI is InChI=1S/C14H16O/c1-10(2)12-9-8-11-6-4-5-7-13(11)14(12)15-3/h4-10H,1-3H3. The molecule has 0 atom stereocenters. The third kappa shape index (κ3) is 1.70. The van der Waals surface area contributed by atoms with E-state index in [0.717, 1.165) is 5.75 Å². The van der Waals surface area contributed by atoms with E-state index in [2.05, 4.69) is 50.2 Å². The number of benzene rings is 2. The monoisotopic (exact) mass is 200 g/mol. The molecular formula is C14H16O. The molecule has 78 valence electrons. The molecule has 0 bridgehead atoms. The number of hydrogen-bond acceptors (Lipinski definition) is 1. The summed E-state index contributed by atoms with van der Waals surface area (Å²) in [7, 11) is 1.74. The molecule has 0 saturated carbocycles. The minimum atomic E-state index is 0.490. The third-order valence-corrected chi connectivity index (χ3v) is 2.74. The molecule has 0 saturated heterocycles. The third-order valence-electron chi connectivity index (χ3n) is 2.74. The molecule has 0 aliphatic rings. The van der Waals surface area contributed by atoms with Crippen LogP contribution in [0.5, 0.6) is 5.75 Å². The molecular weight excluding hydrogens is 184 g/mol. The Bertz CT molecular complexity index is 472. The van der Waals surface area contributed by atoms with Crippen LogP contribution in [0.15, 0.2) is 36.4 Å². The number of rotatable bonds is 2. The van der Waals surface area contributed by atoms with Gasteiger partial charge in [-0.05, 0) is 16.9 Å². The quantitative estimate of drug-likeness (QED) is 0.712. The van der Waals surface area contributed by atoms with Crippen molar-refractivity contribution in [3.8, 4) is 5.75 Å². The van der Waals surface area contributed by atoms with Crippen molar-refractivity contribution < 1.29 is 4.74 Å². The number of fused-ring (bicyclic) bond motifs is 1. The van der Waals surface area contributed by atoms with Crippen LogP contribution >= 0.6 is 0 Å². The maximum atomic E-state index is 5.52. The van der Waals surface area contributed by atoms with Crippen LogP contribution in [-0.4, -0.2) is 7.11 Å². The van der Waals surface area contributed by atoms with Crippen LogP contribution in [0.25, 0.3) is 10.8 Å². The maximum Gasteiger partial charge on any atom is 0.130 e. The first-order chi connectivity index (χ1) is 7.24. The first-order valence-corrected chi connectivity index (χ1v) is 5.29. The Hall–Kier alpha value is -1.50. The van der Waals surface area contributed by atoms with E-state index in [1.54, 1.807) is 7.11 Å². The second-order valence-electron chi connectivity index (χ2n) is 4.06. The van der Waals surface area contributed by atoms with Crippen molar-refractivity contribution >= 4 is 10.8 Å². The van der Waals surface area contributed by atoms with Gasteiger partial charge in [-0.15, -0.1) is 0 Å². The average molecular weight is 200 g/mol. The van der Waals surface area contributed by atoms with Crippen molar-refractivity contribution in [2.75, 3.05) is 7.11 Å². The normalized spacial score (nSPS) is 10.9. The van der Waals surface area contributed by atoms with Crippen molar-refractivity contribution in [2.24, 2.45) is 0 Å². The predicted octanol–water partition coefficient (Wildman–Crippen LogP) is 3.97. The van der Waals surface area contributed by atoms with Gasteiger partial charge in [-0.2, -0.15) is 0 Å². The van der Waals surface area contributed by atoms with E-state index in [0.29, 0.717) is 5.92 Å². The summed E-state index contributed by atoms with van der Waals surface area (Å²) in [6.07, 6.45) is 0. The fraction of sp³-hybridized carbons (Fsp3) is 0.286. The van der Waals surface area contributed by atoms with Crippen LogP contribution < -0.4 is 4.74 Å².